The third-order valence-electron chi connectivity index (χ3n) is 4.16. The van der Waals surface area contributed by atoms with Crippen molar-refractivity contribution >= 4 is 35.1 Å². The van der Waals surface area contributed by atoms with E-state index in [9.17, 15) is 14.9 Å². The smallest absolute Gasteiger partial charge is 0.371 e. The van der Waals surface area contributed by atoms with Gasteiger partial charge in [0.1, 0.15) is 6.07 Å². The number of halogens is 1. The van der Waals surface area contributed by atoms with Crippen molar-refractivity contribution in [1.82, 2.24) is 0 Å². The van der Waals surface area contributed by atoms with E-state index < -0.39 is 23.7 Å². The molecule has 1 unspecified atom stereocenters. The summed E-state index contributed by atoms with van der Waals surface area (Å²) in [6.07, 6.45) is -0.0162. The highest BCUT2D eigenvalue weighted by atomic mass is 35.5. The number of ether oxygens (including phenoxy) is 1. The fourth-order valence-corrected chi connectivity index (χ4v) is 2.92. The van der Waals surface area contributed by atoms with Crippen LogP contribution in [0.25, 0.3) is 0 Å². The lowest BCUT2D eigenvalue weighted by atomic mass is 9.93. The molecular formula is C21H18ClN5O3. The molecule has 2 aromatic rings. The van der Waals surface area contributed by atoms with Gasteiger partial charge in [-0.05, 0) is 43.0 Å². The molecule has 0 radical (unpaired) electrons. The average Bonchev–Trinajstić information content (AvgIpc) is 2.71. The van der Waals surface area contributed by atoms with Gasteiger partial charge in [0.2, 0.25) is 5.71 Å². The highest BCUT2D eigenvalue weighted by Gasteiger charge is 2.17. The zero-order valence-corrected chi connectivity index (χ0v) is 16.8. The molecule has 0 aliphatic carbocycles. The molecule has 0 aromatic heterocycles. The molecule has 0 bridgehead atoms. The van der Waals surface area contributed by atoms with E-state index in [1.807, 2.05) is 31.2 Å². The molecule has 0 heterocycles. The summed E-state index contributed by atoms with van der Waals surface area (Å²) in [5.74, 6) is -1.68. The molecule has 0 spiro atoms. The predicted molar refractivity (Wildman–Crippen MR) is 112 cm³/mol. The molecule has 30 heavy (non-hydrogen) atoms. The fourth-order valence-electron chi connectivity index (χ4n) is 2.61. The highest BCUT2D eigenvalue weighted by molar-refractivity contribution is 6.44. The molecule has 0 aliphatic heterocycles. The van der Waals surface area contributed by atoms with Crippen molar-refractivity contribution in [2.75, 3.05) is 5.43 Å². The number of carbonyl (C=O) groups excluding carboxylic acids is 2. The minimum atomic E-state index is -1.34. The van der Waals surface area contributed by atoms with Crippen LogP contribution in [0.2, 0.25) is 5.02 Å². The number of rotatable bonds is 7. The number of nitrogens with one attached hydrogen (secondary N) is 1. The van der Waals surface area contributed by atoms with Crippen molar-refractivity contribution in [3.05, 3.63) is 64.2 Å². The summed E-state index contributed by atoms with van der Waals surface area (Å²) in [6.45, 7) is 2.02. The van der Waals surface area contributed by atoms with Crippen LogP contribution in [0.5, 0.6) is 0 Å². The number of benzene rings is 2. The first-order valence-electron chi connectivity index (χ1n) is 8.84. The van der Waals surface area contributed by atoms with Gasteiger partial charge in [0, 0.05) is 5.02 Å². The number of aryl methyl sites for hydroxylation is 2. The first-order chi connectivity index (χ1) is 14.3. The second-order valence-corrected chi connectivity index (χ2v) is 6.74. The van der Waals surface area contributed by atoms with E-state index in [0.717, 1.165) is 12.0 Å². The molecule has 2 rings (SSSR count). The first kappa shape index (κ1) is 22.4. The third kappa shape index (κ3) is 6.33. The van der Waals surface area contributed by atoms with Crippen LogP contribution in [0.3, 0.4) is 0 Å². The van der Waals surface area contributed by atoms with Crippen LogP contribution in [0.4, 0.5) is 10.5 Å². The van der Waals surface area contributed by atoms with Gasteiger partial charge in [0.25, 0.3) is 0 Å². The zero-order chi connectivity index (χ0) is 22.1. The van der Waals surface area contributed by atoms with Gasteiger partial charge in [-0.3, -0.25) is 5.43 Å². The molecule has 8 nitrogen and oxygen atoms in total. The summed E-state index contributed by atoms with van der Waals surface area (Å²) in [6, 6.07) is 16.7. The third-order valence-corrected chi connectivity index (χ3v) is 4.49. The summed E-state index contributed by atoms with van der Waals surface area (Å²) >= 11 is 6.33. The topological polar surface area (TPSA) is 141 Å². The number of anilines is 1. The molecule has 0 saturated heterocycles. The van der Waals surface area contributed by atoms with Crippen molar-refractivity contribution in [1.29, 1.82) is 10.5 Å². The van der Waals surface area contributed by atoms with E-state index in [0.29, 0.717) is 22.7 Å². The largest absolute Gasteiger partial charge is 0.412 e. The lowest BCUT2D eigenvalue weighted by Gasteiger charge is -2.13. The van der Waals surface area contributed by atoms with Gasteiger partial charge < -0.3 is 10.5 Å². The van der Waals surface area contributed by atoms with Crippen molar-refractivity contribution in [2.24, 2.45) is 10.8 Å². The Balaban J connectivity index is 2.09. The minimum absolute atomic E-state index is 0.337. The normalized spacial score (nSPS) is 11.7. The van der Waals surface area contributed by atoms with Gasteiger partial charge in [-0.2, -0.15) is 15.6 Å². The molecule has 0 saturated carbocycles. The van der Waals surface area contributed by atoms with Crippen LogP contribution in [0, 0.1) is 29.6 Å². The van der Waals surface area contributed by atoms with Crippen LogP contribution >= 0.6 is 11.6 Å². The quantitative estimate of drug-likeness (QED) is 0.300. The Morgan fingerprint density at radius 1 is 1.23 bits per heavy atom. The average molecular weight is 424 g/mol. The lowest BCUT2D eigenvalue weighted by Crippen LogP contribution is -2.24. The Labute approximate surface area is 178 Å². The SMILES string of the molecule is Cc1ccc(CCC(C#N)c2ccc(NN=C(C#N)C(=O)OC(N)=O)cc2Cl)cc1. The van der Waals surface area contributed by atoms with Crippen LogP contribution in [-0.2, 0) is 16.0 Å². The summed E-state index contributed by atoms with van der Waals surface area (Å²) in [5.41, 5.74) is 9.86. The minimum Gasteiger partial charge on any atom is -0.371 e. The Bertz CT molecular complexity index is 1050. The van der Waals surface area contributed by atoms with E-state index >= 15 is 0 Å². The highest BCUT2D eigenvalue weighted by Crippen LogP contribution is 2.30. The van der Waals surface area contributed by atoms with E-state index in [2.05, 4.69) is 21.3 Å². The monoisotopic (exact) mass is 423 g/mol. The molecule has 2 aromatic carbocycles. The maximum atomic E-state index is 11.5. The van der Waals surface area contributed by atoms with Gasteiger partial charge in [-0.15, -0.1) is 0 Å². The van der Waals surface area contributed by atoms with Gasteiger partial charge >= 0.3 is 12.1 Å². The van der Waals surface area contributed by atoms with Crippen LogP contribution in [-0.4, -0.2) is 17.8 Å². The summed E-state index contributed by atoms with van der Waals surface area (Å²) in [4.78, 5) is 22.1. The molecular weight excluding hydrogens is 406 g/mol. The molecule has 1 atom stereocenters. The van der Waals surface area contributed by atoms with E-state index in [4.69, 9.17) is 22.6 Å². The van der Waals surface area contributed by atoms with Gasteiger partial charge in [0.05, 0.1) is 17.7 Å². The number of nitrogens with zero attached hydrogens (tertiary/aromatic N) is 3. The predicted octanol–water partition coefficient (Wildman–Crippen LogP) is 3.80. The second kappa shape index (κ2) is 10.6. The number of carbonyl (C=O) groups is 2. The van der Waals surface area contributed by atoms with Crippen molar-refractivity contribution < 1.29 is 14.3 Å². The molecule has 152 valence electrons. The van der Waals surface area contributed by atoms with Gasteiger partial charge in [-0.25, -0.2) is 9.59 Å². The van der Waals surface area contributed by atoms with Crippen molar-refractivity contribution in [3.63, 3.8) is 0 Å². The fraction of sp³-hybridized carbons (Fsp3) is 0.190. The number of nitriles is 2. The van der Waals surface area contributed by atoms with Gasteiger partial charge in [-0.1, -0.05) is 47.5 Å². The summed E-state index contributed by atoms with van der Waals surface area (Å²) in [7, 11) is 0. The van der Waals surface area contributed by atoms with Crippen LogP contribution in [0.1, 0.15) is 29.0 Å². The Morgan fingerprint density at radius 2 is 1.93 bits per heavy atom. The molecule has 0 fully saturated rings. The van der Waals surface area contributed by atoms with Crippen LogP contribution < -0.4 is 11.2 Å². The zero-order valence-electron chi connectivity index (χ0n) is 16.1. The molecule has 9 heteroatoms. The number of hydrogen-bond donors (Lipinski definition) is 2. The van der Waals surface area contributed by atoms with E-state index in [-0.39, 0.29) is 0 Å². The van der Waals surface area contributed by atoms with Crippen molar-refractivity contribution in [3.8, 4) is 12.1 Å². The summed E-state index contributed by atoms with van der Waals surface area (Å²) < 4.78 is 4.09. The number of hydrogen-bond acceptors (Lipinski definition) is 7. The molecule has 1 amide bonds. The number of esters is 1. The number of primary amides is 1. The number of amides is 1. The molecule has 3 N–H and O–H groups in total. The number of hydrazone groups is 1. The lowest BCUT2D eigenvalue weighted by molar-refractivity contribution is -0.129. The van der Waals surface area contributed by atoms with Crippen molar-refractivity contribution in [2.45, 2.75) is 25.7 Å². The Hall–Kier alpha value is -3.88. The van der Waals surface area contributed by atoms with E-state index in [1.54, 1.807) is 12.1 Å². The maximum Gasteiger partial charge on any atom is 0.412 e. The molecule has 0 aliphatic rings. The van der Waals surface area contributed by atoms with Crippen LogP contribution in [0.15, 0.2) is 47.6 Å². The Morgan fingerprint density at radius 3 is 2.50 bits per heavy atom. The standard InChI is InChI=1S/C21H18ClN5O3/c1-13-2-4-14(5-3-13)6-7-15(11-23)17-9-8-16(10-18(17)22)26-27-19(12-24)20(28)30-21(25)29/h2-5,8-10,15,26H,6-7H2,1H3,(H2,25,29). The Kier molecular flexibility index (Phi) is 7.92. The van der Waals surface area contributed by atoms with E-state index in [1.165, 1.54) is 17.7 Å². The summed E-state index contributed by atoms with van der Waals surface area (Å²) in [5, 5.41) is 22.4. The van der Waals surface area contributed by atoms with Gasteiger partial charge in [0.15, 0.2) is 0 Å². The number of nitrogens with two attached hydrogens (primary N) is 1. The maximum absolute atomic E-state index is 11.5. The second-order valence-electron chi connectivity index (χ2n) is 6.33. The first-order valence-corrected chi connectivity index (χ1v) is 9.22.